The van der Waals surface area contributed by atoms with E-state index in [1.54, 1.807) is 12.4 Å². The van der Waals surface area contributed by atoms with Gasteiger partial charge in [0.15, 0.2) is 11.6 Å². The SMILES string of the molecule is C[N+]1(C)CCN(c2ccc3cc2CCc2cccc(c2)Nc2ncc(Cl)c(n2)N3)CC1.C[N+]1(C)CCN(c2ccc3cc2CCc2cccc(c2)Nc2ncc(Cl)c(n2)N3)CC1.O=C([O-])C(F)(F)F.O=C([O-])C(F)(F)F. The van der Waals surface area contributed by atoms with Gasteiger partial charge in [0.1, 0.15) is 22.0 Å². The Morgan fingerprint density at radius 2 is 0.868 bits per heavy atom. The first-order valence-electron chi connectivity index (χ1n) is 24.1. The van der Waals surface area contributed by atoms with Crippen LogP contribution in [0, 0.1) is 0 Å². The van der Waals surface area contributed by atoms with Crippen LogP contribution in [0.25, 0.3) is 0 Å². The van der Waals surface area contributed by atoms with Crippen LogP contribution in [0.1, 0.15) is 22.3 Å². The molecule has 0 amide bonds. The van der Waals surface area contributed by atoms with E-state index < -0.39 is 24.3 Å². The van der Waals surface area contributed by atoms with Gasteiger partial charge in [-0.3, -0.25) is 0 Å². The van der Waals surface area contributed by atoms with Gasteiger partial charge in [0.25, 0.3) is 0 Å². The molecular formula is C52H56Cl2F6N12O4. The first-order chi connectivity index (χ1) is 35.8. The summed E-state index contributed by atoms with van der Waals surface area (Å²) in [6, 6.07) is 30.2. The minimum absolute atomic E-state index is 0.496. The summed E-state index contributed by atoms with van der Waals surface area (Å²) in [6.45, 7) is 8.94. The van der Waals surface area contributed by atoms with E-state index >= 15 is 0 Å². The van der Waals surface area contributed by atoms with Crippen molar-refractivity contribution in [2.75, 3.05) is 112 Å². The molecule has 4 N–H and O–H groups in total. The number of quaternary nitrogens is 2. The van der Waals surface area contributed by atoms with E-state index in [-0.39, 0.29) is 0 Å². The minimum atomic E-state index is -5.19. The van der Waals surface area contributed by atoms with Gasteiger partial charge in [-0.2, -0.15) is 36.3 Å². The Morgan fingerprint density at radius 3 is 1.21 bits per heavy atom. The van der Waals surface area contributed by atoms with Crippen molar-refractivity contribution in [3.05, 3.63) is 130 Å². The average molecular weight is 1100 g/mol. The lowest BCUT2D eigenvalue weighted by molar-refractivity contribution is -0.890. The second kappa shape index (κ2) is 23.8. The molecule has 2 fully saturated rings. The van der Waals surface area contributed by atoms with Crippen molar-refractivity contribution < 1.29 is 55.1 Å². The van der Waals surface area contributed by atoms with Crippen molar-refractivity contribution in [3.8, 4) is 0 Å². The number of hydrogen-bond donors (Lipinski definition) is 4. The molecule has 76 heavy (non-hydrogen) atoms. The highest BCUT2D eigenvalue weighted by Crippen LogP contribution is 2.34. The Morgan fingerprint density at radius 1 is 0.526 bits per heavy atom. The van der Waals surface area contributed by atoms with Gasteiger partial charge < -0.3 is 59.8 Å². The van der Waals surface area contributed by atoms with Crippen molar-refractivity contribution in [1.29, 1.82) is 0 Å². The number of aryl methyl sites for hydroxylation is 4. The lowest BCUT2D eigenvalue weighted by Crippen LogP contribution is -2.55. The zero-order valence-corrected chi connectivity index (χ0v) is 43.5. The standard InChI is InChI=1S/2C24H28ClN6.2C2HF3O2/c2*1-31(2)12-10-30(11-13-31)22-9-8-20-15-18(22)7-6-17-4-3-5-19(14-17)28-24-26-16-21(25)23(27-20)29-24;2*3-2(4,5)1(6)7/h2*3-5,8-9,14-16H,6-7,10-13H2,1-2H3,(H2,26,27,28,29);2*(H,6,7)/q2*+1;;/p-2. The Hall–Kier alpha value is -7.14. The molecule has 6 heterocycles. The van der Waals surface area contributed by atoms with Crippen LogP contribution in [0.15, 0.2) is 97.3 Å². The number of carbonyl (C=O) groups is 2. The third-order valence-electron chi connectivity index (χ3n) is 13.0. The summed E-state index contributed by atoms with van der Waals surface area (Å²) in [5.74, 6) is -3.76. The minimum Gasteiger partial charge on any atom is -0.542 e. The first-order valence-corrected chi connectivity index (χ1v) is 24.8. The van der Waals surface area contributed by atoms with Crippen molar-refractivity contribution in [2.24, 2.45) is 0 Å². The number of aliphatic carboxylic acids is 2. The molecule has 0 saturated carbocycles. The van der Waals surface area contributed by atoms with E-state index in [1.807, 2.05) is 12.1 Å². The van der Waals surface area contributed by atoms with Gasteiger partial charge in [-0.05, 0) is 109 Å². The first kappa shape index (κ1) is 56.6. The molecule has 6 aromatic rings. The summed E-state index contributed by atoms with van der Waals surface area (Å²) in [7, 11) is 9.25. The molecule has 12 bridgehead atoms. The van der Waals surface area contributed by atoms with Crippen LogP contribution in [0.4, 0.5) is 84.0 Å². The van der Waals surface area contributed by atoms with Gasteiger partial charge in [0.05, 0.1) is 92.9 Å². The van der Waals surface area contributed by atoms with E-state index in [1.165, 1.54) is 33.6 Å². The number of alkyl halides is 6. The lowest BCUT2D eigenvalue weighted by Gasteiger charge is -2.40. The van der Waals surface area contributed by atoms with Gasteiger partial charge in [-0.1, -0.05) is 47.5 Å². The molecule has 4 aromatic carbocycles. The molecule has 16 nitrogen and oxygen atoms in total. The highest BCUT2D eigenvalue weighted by Gasteiger charge is 2.30. The van der Waals surface area contributed by atoms with Crippen LogP contribution < -0.4 is 41.3 Å². The number of rotatable bonds is 2. The number of halogens is 8. The fourth-order valence-electron chi connectivity index (χ4n) is 8.57. The number of nitrogens with zero attached hydrogens (tertiary/aromatic N) is 8. The predicted octanol–water partition coefficient (Wildman–Crippen LogP) is 7.82. The molecule has 0 atom stereocenters. The van der Waals surface area contributed by atoms with Gasteiger partial charge >= 0.3 is 12.4 Å². The molecule has 0 radical (unpaired) electrons. The summed E-state index contributed by atoms with van der Waals surface area (Å²) in [5.41, 5.74) is 11.9. The molecule has 24 heteroatoms. The number of carbonyl (C=O) groups excluding carboxylic acids is 2. The van der Waals surface area contributed by atoms with Crippen LogP contribution in [0.3, 0.4) is 0 Å². The number of carboxylic acid groups (broad SMARTS) is 2. The Balaban J connectivity index is 0.000000177. The van der Waals surface area contributed by atoms with E-state index in [9.17, 15) is 26.3 Å². The molecule has 2 aromatic heterocycles. The van der Waals surface area contributed by atoms with Crippen LogP contribution in [0.5, 0.6) is 0 Å². The summed E-state index contributed by atoms with van der Waals surface area (Å²) < 4.78 is 65.3. The quantitative estimate of drug-likeness (QED) is 0.0972. The number of hydrogen-bond acceptors (Lipinski definition) is 14. The molecule has 4 aliphatic rings. The second-order valence-corrected chi connectivity index (χ2v) is 20.5. The Labute approximate surface area is 445 Å². The monoisotopic (exact) mass is 1100 g/mol. The zero-order chi connectivity index (χ0) is 55.0. The van der Waals surface area contributed by atoms with Crippen LogP contribution in [0.2, 0.25) is 10.0 Å². The van der Waals surface area contributed by atoms with E-state index in [0.717, 1.165) is 110 Å². The van der Waals surface area contributed by atoms with Crippen LogP contribution in [-0.4, -0.2) is 134 Å². The largest absolute Gasteiger partial charge is 0.542 e. The van der Waals surface area contributed by atoms with Gasteiger partial charge in [0, 0.05) is 34.1 Å². The molecule has 10 rings (SSSR count). The summed E-state index contributed by atoms with van der Waals surface area (Å²) in [4.78, 5) is 40.5. The highest BCUT2D eigenvalue weighted by molar-refractivity contribution is 6.33. The van der Waals surface area contributed by atoms with E-state index in [0.29, 0.717) is 33.6 Å². The summed E-state index contributed by atoms with van der Waals surface area (Å²) >= 11 is 12.8. The van der Waals surface area contributed by atoms with Crippen LogP contribution in [-0.2, 0) is 35.3 Å². The fraction of sp³-hybridized carbons (Fsp3) is 0.346. The summed E-state index contributed by atoms with van der Waals surface area (Å²) in [5, 5.41) is 31.9. The highest BCUT2D eigenvalue weighted by atomic mass is 35.5. The van der Waals surface area contributed by atoms with Crippen molar-refractivity contribution >= 4 is 92.8 Å². The molecular weight excluding hydrogens is 1040 g/mol. The average Bonchev–Trinajstić information content (AvgIpc) is 3.36. The maximum atomic E-state index is 10.5. The Kier molecular flexibility index (Phi) is 17.7. The second-order valence-electron chi connectivity index (χ2n) is 19.7. The summed E-state index contributed by atoms with van der Waals surface area (Å²) in [6.07, 6.45) is -3.24. The molecule has 404 valence electrons. The number of piperazine rings is 2. The third kappa shape index (κ3) is 15.9. The number of anilines is 10. The molecule has 0 aliphatic carbocycles. The maximum Gasteiger partial charge on any atom is 0.430 e. The normalized spacial score (nSPS) is 16.3. The molecule has 0 spiro atoms. The number of likely N-dealkylation sites (N-methyl/N-ethyl adjacent to an activating group) is 2. The van der Waals surface area contributed by atoms with Gasteiger partial charge in [-0.15, -0.1) is 0 Å². The number of aromatic nitrogens is 4. The van der Waals surface area contributed by atoms with Gasteiger partial charge in [0.2, 0.25) is 11.9 Å². The smallest absolute Gasteiger partial charge is 0.430 e. The number of nitrogens with one attached hydrogen (secondary N) is 4. The maximum absolute atomic E-state index is 10.5. The molecule has 4 aliphatic heterocycles. The van der Waals surface area contributed by atoms with E-state index in [2.05, 4.69) is 152 Å². The van der Waals surface area contributed by atoms with Crippen molar-refractivity contribution in [3.63, 3.8) is 0 Å². The molecule has 0 unspecified atom stereocenters. The number of fused-ring (bicyclic) bond motifs is 12. The Bertz CT molecular complexity index is 2820. The van der Waals surface area contributed by atoms with Crippen molar-refractivity contribution in [2.45, 2.75) is 38.0 Å². The predicted molar refractivity (Wildman–Crippen MR) is 278 cm³/mol. The van der Waals surface area contributed by atoms with E-state index in [4.69, 9.17) is 43.0 Å². The number of benzene rings is 4. The lowest BCUT2D eigenvalue weighted by atomic mass is 10.0. The molecule has 2 saturated heterocycles. The van der Waals surface area contributed by atoms with Crippen molar-refractivity contribution in [1.82, 2.24) is 19.9 Å². The fourth-order valence-corrected chi connectivity index (χ4v) is 8.84. The topological polar surface area (TPSA) is 186 Å². The van der Waals surface area contributed by atoms with Crippen LogP contribution >= 0.6 is 23.2 Å². The third-order valence-corrected chi connectivity index (χ3v) is 13.5. The zero-order valence-electron chi connectivity index (χ0n) is 42.0. The number of carboxylic acids is 2. The van der Waals surface area contributed by atoms with Gasteiger partial charge in [-0.25, -0.2) is 9.97 Å².